The Balaban J connectivity index is 1.79. The molecule has 0 bridgehead atoms. The Morgan fingerprint density at radius 1 is 1.14 bits per heavy atom. The Kier molecular flexibility index (Phi) is 14.8. The van der Waals surface area contributed by atoms with Crippen LogP contribution < -0.4 is 10.6 Å². The molecule has 1 heterocycles. The maximum absolute atomic E-state index is 11.8. The highest BCUT2D eigenvalue weighted by Gasteiger charge is 2.27. The highest BCUT2D eigenvalue weighted by atomic mass is 16.5. The number of rotatable bonds is 18. The lowest BCUT2D eigenvalue weighted by molar-refractivity contribution is -0.121. The smallest absolute Gasteiger partial charge is 0.220 e. The van der Waals surface area contributed by atoms with Crippen molar-refractivity contribution in [3.63, 3.8) is 0 Å². The van der Waals surface area contributed by atoms with Gasteiger partial charge >= 0.3 is 0 Å². The average Bonchev–Trinajstić information content (AvgIpc) is 3.02. The Hall–Kier alpha value is -1.83. The maximum Gasteiger partial charge on any atom is 0.220 e. The molecule has 29 heavy (non-hydrogen) atoms. The van der Waals surface area contributed by atoms with Gasteiger partial charge in [-0.05, 0) is 50.5 Å². The summed E-state index contributed by atoms with van der Waals surface area (Å²) < 4.78 is 10.7. The third-order valence-corrected chi connectivity index (χ3v) is 5.08. The van der Waals surface area contributed by atoms with Crippen LogP contribution in [-0.2, 0) is 19.1 Å². The zero-order chi connectivity index (χ0) is 21.2. The largest absolute Gasteiger partial charge is 0.379 e. The second-order valence-corrected chi connectivity index (χ2v) is 7.51. The van der Waals surface area contributed by atoms with Gasteiger partial charge in [-0.25, -0.2) is 0 Å². The number of hydrogen-bond donors (Lipinski definition) is 2. The van der Waals surface area contributed by atoms with E-state index in [2.05, 4.69) is 27.6 Å². The standard InChI is InChI=1S/C20H37N5O4/c1-17-18(16-20(27)24-17)8-4-2-5-9-19(26)22-10-6-3-7-12-28-14-15-29-13-11-23-25-21/h17-18H,2-16H2,1H3,(H,22,26)(H,24,27)/t17-,18-/m0/s1. The fraction of sp³-hybridized carbons (Fsp3) is 0.900. The van der Waals surface area contributed by atoms with E-state index in [1.165, 1.54) is 0 Å². The van der Waals surface area contributed by atoms with Gasteiger partial charge in [-0.3, -0.25) is 9.59 Å². The van der Waals surface area contributed by atoms with E-state index in [0.717, 1.165) is 44.9 Å². The number of ether oxygens (including phenoxy) is 2. The molecule has 2 amide bonds. The first kappa shape index (κ1) is 25.2. The molecule has 0 aromatic heterocycles. The maximum atomic E-state index is 11.8. The van der Waals surface area contributed by atoms with Crippen LogP contribution in [0.2, 0.25) is 0 Å². The second-order valence-electron chi connectivity index (χ2n) is 7.51. The van der Waals surface area contributed by atoms with E-state index in [0.29, 0.717) is 64.3 Å². The molecule has 2 atom stereocenters. The van der Waals surface area contributed by atoms with Gasteiger partial charge < -0.3 is 20.1 Å². The Morgan fingerprint density at radius 2 is 1.90 bits per heavy atom. The van der Waals surface area contributed by atoms with Crippen molar-refractivity contribution >= 4 is 11.8 Å². The molecule has 0 spiro atoms. The van der Waals surface area contributed by atoms with E-state index >= 15 is 0 Å². The Bertz CT molecular complexity index is 511. The number of carbonyl (C=O) groups is 2. The fourth-order valence-electron chi connectivity index (χ4n) is 3.36. The van der Waals surface area contributed by atoms with Gasteiger partial charge in [0.1, 0.15) is 0 Å². The summed E-state index contributed by atoms with van der Waals surface area (Å²) in [5, 5.41) is 9.31. The van der Waals surface area contributed by atoms with Gasteiger partial charge in [-0.15, -0.1) is 0 Å². The minimum atomic E-state index is 0.130. The molecule has 9 heteroatoms. The van der Waals surface area contributed by atoms with Crippen molar-refractivity contribution in [2.45, 2.75) is 70.8 Å². The quantitative estimate of drug-likeness (QED) is 0.155. The lowest BCUT2D eigenvalue weighted by atomic mass is 9.94. The summed E-state index contributed by atoms with van der Waals surface area (Å²) in [6.45, 7) is 5.29. The summed E-state index contributed by atoms with van der Waals surface area (Å²) >= 11 is 0. The van der Waals surface area contributed by atoms with Crippen molar-refractivity contribution in [1.82, 2.24) is 10.6 Å². The van der Waals surface area contributed by atoms with Crippen molar-refractivity contribution in [3.8, 4) is 0 Å². The summed E-state index contributed by atoms with van der Waals surface area (Å²) in [6.07, 6.45) is 8.26. The molecule has 1 saturated heterocycles. The van der Waals surface area contributed by atoms with Crippen LogP contribution in [-0.4, -0.2) is 57.4 Å². The normalized spacial score (nSPS) is 18.3. The van der Waals surface area contributed by atoms with Gasteiger partial charge in [-0.1, -0.05) is 18.0 Å². The van der Waals surface area contributed by atoms with Crippen LogP contribution >= 0.6 is 0 Å². The zero-order valence-corrected chi connectivity index (χ0v) is 17.7. The molecule has 1 fully saturated rings. The van der Waals surface area contributed by atoms with E-state index in [4.69, 9.17) is 15.0 Å². The summed E-state index contributed by atoms with van der Waals surface area (Å²) in [7, 11) is 0. The summed E-state index contributed by atoms with van der Waals surface area (Å²) in [6, 6.07) is 0.292. The van der Waals surface area contributed by atoms with E-state index in [1.807, 2.05) is 0 Å². The molecular weight excluding hydrogens is 374 g/mol. The predicted octanol–water partition coefficient (Wildman–Crippen LogP) is 3.09. The number of amides is 2. The topological polar surface area (TPSA) is 125 Å². The summed E-state index contributed by atoms with van der Waals surface area (Å²) in [4.78, 5) is 25.8. The number of unbranched alkanes of at least 4 members (excludes halogenated alkanes) is 4. The lowest BCUT2D eigenvalue weighted by Crippen LogP contribution is -2.25. The van der Waals surface area contributed by atoms with E-state index in [9.17, 15) is 9.59 Å². The van der Waals surface area contributed by atoms with Crippen molar-refractivity contribution in [3.05, 3.63) is 10.4 Å². The minimum Gasteiger partial charge on any atom is -0.379 e. The van der Waals surface area contributed by atoms with Gasteiger partial charge in [0.15, 0.2) is 0 Å². The molecule has 0 aromatic rings. The molecule has 166 valence electrons. The summed E-state index contributed by atoms with van der Waals surface area (Å²) in [5.74, 6) is 0.753. The minimum absolute atomic E-state index is 0.130. The molecule has 0 radical (unpaired) electrons. The number of azide groups is 1. The third-order valence-electron chi connectivity index (χ3n) is 5.08. The Morgan fingerprint density at radius 3 is 2.62 bits per heavy atom. The lowest BCUT2D eigenvalue weighted by Gasteiger charge is -2.13. The van der Waals surface area contributed by atoms with Gasteiger partial charge in [0.2, 0.25) is 11.8 Å². The van der Waals surface area contributed by atoms with Crippen molar-refractivity contribution < 1.29 is 19.1 Å². The first-order valence-corrected chi connectivity index (χ1v) is 10.9. The van der Waals surface area contributed by atoms with Crippen LogP contribution in [0, 0.1) is 5.92 Å². The van der Waals surface area contributed by atoms with Crippen LogP contribution in [0.3, 0.4) is 0 Å². The molecule has 0 saturated carbocycles. The van der Waals surface area contributed by atoms with Crippen molar-refractivity contribution in [2.24, 2.45) is 11.0 Å². The predicted molar refractivity (Wildman–Crippen MR) is 111 cm³/mol. The van der Waals surface area contributed by atoms with Crippen LogP contribution in [0.25, 0.3) is 10.4 Å². The first-order chi connectivity index (χ1) is 14.1. The van der Waals surface area contributed by atoms with Crippen molar-refractivity contribution in [2.75, 3.05) is 39.5 Å². The second kappa shape index (κ2) is 17.1. The molecule has 9 nitrogen and oxygen atoms in total. The molecular formula is C20H37N5O4. The van der Waals surface area contributed by atoms with Crippen LogP contribution in [0.15, 0.2) is 5.11 Å². The first-order valence-electron chi connectivity index (χ1n) is 10.9. The fourth-order valence-corrected chi connectivity index (χ4v) is 3.36. The van der Waals surface area contributed by atoms with Crippen LogP contribution in [0.5, 0.6) is 0 Å². The molecule has 0 aromatic carbocycles. The van der Waals surface area contributed by atoms with Crippen LogP contribution in [0.4, 0.5) is 0 Å². The molecule has 2 N–H and O–H groups in total. The van der Waals surface area contributed by atoms with E-state index in [1.54, 1.807) is 0 Å². The molecule has 1 rings (SSSR count). The van der Waals surface area contributed by atoms with E-state index in [-0.39, 0.29) is 11.8 Å². The Labute approximate surface area is 173 Å². The molecule has 0 unspecified atom stereocenters. The molecule has 1 aliphatic rings. The SMILES string of the molecule is C[C@@H]1NC(=O)C[C@@H]1CCCCCC(=O)NCCCCCOCCOCCN=[N+]=[N-]. The third kappa shape index (κ3) is 13.9. The monoisotopic (exact) mass is 411 g/mol. The van der Waals surface area contributed by atoms with Gasteiger partial charge in [0.25, 0.3) is 0 Å². The zero-order valence-electron chi connectivity index (χ0n) is 17.7. The highest BCUT2D eigenvalue weighted by molar-refractivity contribution is 5.78. The average molecular weight is 412 g/mol. The number of nitrogens with zero attached hydrogens (tertiary/aromatic N) is 3. The highest BCUT2D eigenvalue weighted by Crippen LogP contribution is 2.22. The van der Waals surface area contributed by atoms with Gasteiger partial charge in [0.05, 0.1) is 19.8 Å². The van der Waals surface area contributed by atoms with Crippen LogP contribution in [0.1, 0.15) is 64.7 Å². The van der Waals surface area contributed by atoms with Gasteiger partial charge in [0, 0.05) is 43.5 Å². The van der Waals surface area contributed by atoms with Crippen molar-refractivity contribution in [1.29, 1.82) is 0 Å². The molecule has 0 aliphatic carbocycles. The number of carbonyl (C=O) groups excluding carboxylic acids is 2. The summed E-state index contributed by atoms with van der Waals surface area (Å²) in [5.41, 5.74) is 8.11. The molecule has 1 aliphatic heterocycles. The van der Waals surface area contributed by atoms with Gasteiger partial charge in [-0.2, -0.15) is 0 Å². The number of hydrogen-bond acceptors (Lipinski definition) is 5. The number of nitrogens with one attached hydrogen (secondary N) is 2. The van der Waals surface area contributed by atoms with E-state index < -0.39 is 0 Å².